The van der Waals surface area contributed by atoms with Crippen LogP contribution in [-0.2, 0) is 6.42 Å². The summed E-state index contributed by atoms with van der Waals surface area (Å²) in [5, 5.41) is 0. The first-order valence-electron chi connectivity index (χ1n) is 5.82. The molecule has 0 spiro atoms. The van der Waals surface area contributed by atoms with Gasteiger partial charge in [-0.15, -0.1) is 0 Å². The van der Waals surface area contributed by atoms with Crippen LogP contribution in [0.2, 0.25) is 0 Å². The summed E-state index contributed by atoms with van der Waals surface area (Å²) in [4.78, 5) is 8.97. The summed E-state index contributed by atoms with van der Waals surface area (Å²) in [5.41, 5.74) is 10.2. The third-order valence-corrected chi connectivity index (χ3v) is 3.01. The van der Waals surface area contributed by atoms with Gasteiger partial charge in [0.25, 0.3) is 0 Å². The van der Waals surface area contributed by atoms with Crippen LogP contribution in [0.5, 0.6) is 0 Å². The van der Waals surface area contributed by atoms with E-state index in [1.165, 1.54) is 0 Å². The van der Waals surface area contributed by atoms with Crippen molar-refractivity contribution in [3.8, 4) is 11.4 Å². The number of benzene rings is 1. The van der Waals surface area contributed by atoms with Gasteiger partial charge in [-0.05, 0) is 25.8 Å². The Morgan fingerprint density at radius 1 is 1.12 bits per heavy atom. The number of anilines is 1. The monoisotopic (exact) mass is 227 g/mol. The van der Waals surface area contributed by atoms with Gasteiger partial charge in [0.15, 0.2) is 5.82 Å². The quantitative estimate of drug-likeness (QED) is 0.858. The van der Waals surface area contributed by atoms with Gasteiger partial charge in [0.05, 0.1) is 0 Å². The molecular formula is C14H17N3. The summed E-state index contributed by atoms with van der Waals surface area (Å²) in [6, 6.07) is 8.09. The molecule has 2 N–H and O–H groups in total. The van der Waals surface area contributed by atoms with Crippen molar-refractivity contribution in [3.05, 3.63) is 41.1 Å². The Morgan fingerprint density at radius 3 is 2.47 bits per heavy atom. The van der Waals surface area contributed by atoms with Crippen LogP contribution < -0.4 is 5.73 Å². The van der Waals surface area contributed by atoms with Crippen molar-refractivity contribution in [3.63, 3.8) is 0 Å². The molecule has 0 saturated carbocycles. The zero-order chi connectivity index (χ0) is 12.4. The fourth-order valence-corrected chi connectivity index (χ4v) is 1.87. The maximum Gasteiger partial charge on any atom is 0.162 e. The standard InChI is InChI=1S/C14H17N3/c1-4-12-10(3)13(15)17-14(16-12)11-8-6-5-7-9(11)2/h5-8H,4H2,1-3H3,(H2,15,16,17). The molecule has 0 aliphatic rings. The first kappa shape index (κ1) is 11.6. The lowest BCUT2D eigenvalue weighted by Gasteiger charge is -2.10. The highest BCUT2D eigenvalue weighted by Crippen LogP contribution is 2.23. The first-order chi connectivity index (χ1) is 8.13. The van der Waals surface area contributed by atoms with Gasteiger partial charge >= 0.3 is 0 Å². The average molecular weight is 227 g/mol. The molecule has 3 heteroatoms. The molecule has 3 nitrogen and oxygen atoms in total. The molecule has 0 atom stereocenters. The van der Waals surface area contributed by atoms with Crippen LogP contribution in [0.3, 0.4) is 0 Å². The Labute approximate surface area is 102 Å². The summed E-state index contributed by atoms with van der Waals surface area (Å²) in [5.74, 6) is 1.30. The lowest BCUT2D eigenvalue weighted by Crippen LogP contribution is -2.04. The number of aryl methyl sites for hydroxylation is 2. The fraction of sp³-hybridized carbons (Fsp3) is 0.286. The Morgan fingerprint density at radius 2 is 1.82 bits per heavy atom. The normalized spacial score (nSPS) is 10.5. The highest BCUT2D eigenvalue weighted by molar-refractivity contribution is 5.62. The van der Waals surface area contributed by atoms with Gasteiger partial charge in [-0.3, -0.25) is 0 Å². The van der Waals surface area contributed by atoms with E-state index < -0.39 is 0 Å². The van der Waals surface area contributed by atoms with E-state index in [2.05, 4.69) is 29.9 Å². The van der Waals surface area contributed by atoms with Crippen LogP contribution in [0.15, 0.2) is 24.3 Å². The van der Waals surface area contributed by atoms with E-state index >= 15 is 0 Å². The van der Waals surface area contributed by atoms with Crippen molar-refractivity contribution in [1.82, 2.24) is 9.97 Å². The Bertz CT molecular complexity index is 547. The lowest BCUT2D eigenvalue weighted by molar-refractivity contribution is 0.981. The fourth-order valence-electron chi connectivity index (χ4n) is 1.87. The first-order valence-corrected chi connectivity index (χ1v) is 5.82. The van der Waals surface area contributed by atoms with Crippen molar-refractivity contribution in [2.24, 2.45) is 0 Å². The minimum atomic E-state index is 0.579. The minimum absolute atomic E-state index is 0.579. The number of nitrogen functional groups attached to an aromatic ring is 1. The van der Waals surface area contributed by atoms with Crippen LogP contribution >= 0.6 is 0 Å². The second-order valence-electron chi connectivity index (χ2n) is 4.17. The van der Waals surface area contributed by atoms with Crippen molar-refractivity contribution in [2.45, 2.75) is 27.2 Å². The molecule has 0 radical (unpaired) electrons. The van der Waals surface area contributed by atoms with Gasteiger partial charge < -0.3 is 5.73 Å². The maximum absolute atomic E-state index is 5.93. The van der Waals surface area contributed by atoms with E-state index in [9.17, 15) is 0 Å². The number of aromatic nitrogens is 2. The van der Waals surface area contributed by atoms with Crippen molar-refractivity contribution >= 4 is 5.82 Å². The largest absolute Gasteiger partial charge is 0.383 e. The Hall–Kier alpha value is -1.90. The summed E-state index contributed by atoms with van der Waals surface area (Å²) < 4.78 is 0. The molecule has 0 unspecified atom stereocenters. The predicted molar refractivity (Wildman–Crippen MR) is 70.7 cm³/mol. The minimum Gasteiger partial charge on any atom is -0.383 e. The van der Waals surface area contributed by atoms with E-state index in [1.807, 2.05) is 25.1 Å². The highest BCUT2D eigenvalue weighted by atomic mass is 15.0. The SMILES string of the molecule is CCc1nc(-c2ccccc2C)nc(N)c1C. The predicted octanol–water partition coefficient (Wildman–Crippen LogP) is 2.91. The second-order valence-corrected chi connectivity index (χ2v) is 4.17. The molecule has 88 valence electrons. The molecule has 1 heterocycles. The molecule has 0 aliphatic carbocycles. The third-order valence-electron chi connectivity index (χ3n) is 3.01. The van der Waals surface area contributed by atoms with Gasteiger partial charge in [0, 0.05) is 16.8 Å². The zero-order valence-electron chi connectivity index (χ0n) is 10.5. The summed E-state index contributed by atoms with van der Waals surface area (Å²) >= 11 is 0. The zero-order valence-corrected chi connectivity index (χ0v) is 10.5. The van der Waals surface area contributed by atoms with Crippen molar-refractivity contribution in [1.29, 1.82) is 0 Å². The third kappa shape index (κ3) is 2.13. The van der Waals surface area contributed by atoms with E-state index in [1.54, 1.807) is 0 Å². The summed E-state index contributed by atoms with van der Waals surface area (Å²) in [6.45, 7) is 6.10. The van der Waals surface area contributed by atoms with Gasteiger partial charge in [0.1, 0.15) is 5.82 Å². The summed E-state index contributed by atoms with van der Waals surface area (Å²) in [6.07, 6.45) is 0.872. The Kier molecular flexibility index (Phi) is 3.09. The number of nitrogens with two attached hydrogens (primary N) is 1. The number of rotatable bonds is 2. The van der Waals surface area contributed by atoms with Gasteiger partial charge in [0.2, 0.25) is 0 Å². The van der Waals surface area contributed by atoms with Gasteiger partial charge in [-0.2, -0.15) is 0 Å². The maximum atomic E-state index is 5.93. The number of nitrogens with zero attached hydrogens (tertiary/aromatic N) is 2. The molecule has 0 amide bonds. The molecule has 0 fully saturated rings. The smallest absolute Gasteiger partial charge is 0.162 e. The van der Waals surface area contributed by atoms with E-state index in [-0.39, 0.29) is 0 Å². The van der Waals surface area contributed by atoms with Crippen LogP contribution in [0, 0.1) is 13.8 Å². The van der Waals surface area contributed by atoms with Crippen LogP contribution in [0.25, 0.3) is 11.4 Å². The van der Waals surface area contributed by atoms with Crippen LogP contribution in [-0.4, -0.2) is 9.97 Å². The van der Waals surface area contributed by atoms with Crippen molar-refractivity contribution < 1.29 is 0 Å². The van der Waals surface area contributed by atoms with Crippen LogP contribution in [0.1, 0.15) is 23.7 Å². The molecule has 2 aromatic rings. The molecule has 17 heavy (non-hydrogen) atoms. The number of hydrogen-bond donors (Lipinski definition) is 1. The molecule has 0 saturated heterocycles. The van der Waals surface area contributed by atoms with E-state index in [0.29, 0.717) is 5.82 Å². The molecule has 2 rings (SSSR count). The Balaban J connectivity index is 2.61. The van der Waals surface area contributed by atoms with Crippen LogP contribution in [0.4, 0.5) is 5.82 Å². The molecule has 0 aliphatic heterocycles. The van der Waals surface area contributed by atoms with Gasteiger partial charge in [-0.25, -0.2) is 9.97 Å². The van der Waals surface area contributed by atoms with Crippen molar-refractivity contribution in [2.75, 3.05) is 5.73 Å². The lowest BCUT2D eigenvalue weighted by atomic mass is 10.1. The van der Waals surface area contributed by atoms with E-state index in [4.69, 9.17) is 5.73 Å². The second kappa shape index (κ2) is 4.53. The van der Waals surface area contributed by atoms with Gasteiger partial charge in [-0.1, -0.05) is 31.2 Å². The molecule has 1 aromatic heterocycles. The topological polar surface area (TPSA) is 51.8 Å². The number of hydrogen-bond acceptors (Lipinski definition) is 3. The summed E-state index contributed by atoms with van der Waals surface area (Å²) in [7, 11) is 0. The molecular weight excluding hydrogens is 210 g/mol. The van der Waals surface area contributed by atoms with E-state index in [0.717, 1.165) is 34.6 Å². The highest BCUT2D eigenvalue weighted by Gasteiger charge is 2.10. The molecule has 1 aromatic carbocycles. The molecule has 0 bridgehead atoms. The average Bonchev–Trinajstić information content (AvgIpc) is 2.33.